The van der Waals surface area contributed by atoms with Crippen molar-refractivity contribution in [2.45, 2.75) is 36.5 Å². The third-order valence-electron chi connectivity index (χ3n) is 7.68. The summed E-state index contributed by atoms with van der Waals surface area (Å²) >= 11 is 1.49. The Balaban J connectivity index is 1.38. The van der Waals surface area contributed by atoms with Crippen LogP contribution in [0.1, 0.15) is 29.7 Å². The van der Waals surface area contributed by atoms with E-state index in [1.54, 1.807) is 18.2 Å². The molecule has 0 bridgehead atoms. The van der Waals surface area contributed by atoms with Gasteiger partial charge in [-0.3, -0.25) is 4.79 Å². The summed E-state index contributed by atoms with van der Waals surface area (Å²) in [5.41, 5.74) is 3.93. The van der Waals surface area contributed by atoms with E-state index in [0.717, 1.165) is 41.5 Å². The highest BCUT2D eigenvalue weighted by Gasteiger charge is 2.52. The molecule has 10 heteroatoms. The smallest absolute Gasteiger partial charge is 0.239 e. The van der Waals surface area contributed by atoms with Crippen molar-refractivity contribution in [3.05, 3.63) is 83.9 Å². The largest absolute Gasteiger partial charge is 0.497 e. The van der Waals surface area contributed by atoms with Crippen molar-refractivity contribution >= 4 is 34.9 Å². The molecule has 2 aromatic heterocycles. The molecule has 4 heterocycles. The quantitative estimate of drug-likeness (QED) is 0.259. The molecule has 0 aliphatic carbocycles. The number of aromatic nitrogens is 3. The van der Waals surface area contributed by atoms with Gasteiger partial charge >= 0.3 is 0 Å². The van der Waals surface area contributed by atoms with Gasteiger partial charge < -0.3 is 24.4 Å². The van der Waals surface area contributed by atoms with E-state index in [4.69, 9.17) is 19.2 Å². The first-order valence-corrected chi connectivity index (χ1v) is 14.2. The van der Waals surface area contributed by atoms with Gasteiger partial charge in [-0.1, -0.05) is 47.3 Å². The zero-order chi connectivity index (χ0) is 26.8. The number of anilines is 3. The van der Waals surface area contributed by atoms with Crippen molar-refractivity contribution in [1.82, 2.24) is 15.1 Å². The Morgan fingerprint density at radius 3 is 2.49 bits per heavy atom. The molecule has 0 atom stereocenters. The van der Waals surface area contributed by atoms with E-state index in [2.05, 4.69) is 27.5 Å². The lowest BCUT2D eigenvalue weighted by Gasteiger charge is -2.47. The second kappa shape index (κ2) is 10.6. The molecule has 0 saturated carbocycles. The molecule has 200 valence electrons. The molecule has 6 rings (SSSR count). The Labute approximate surface area is 231 Å². The number of carbonyl (C=O) groups is 1. The van der Waals surface area contributed by atoms with E-state index in [-0.39, 0.29) is 5.91 Å². The minimum absolute atomic E-state index is 0.0396. The molecule has 39 heavy (non-hydrogen) atoms. The van der Waals surface area contributed by atoms with Crippen LogP contribution in [-0.2, 0) is 23.3 Å². The molecule has 2 aliphatic rings. The standard InChI is InChI=1S/C29H30N6O3S/c1-37-23-10-8-20(9-11-23)16-30-26-24-18-35(22-17-31-38-19-22)27(36)29(25(24)32-28(33-26)39-2)12-14-34(15-13-29)21-6-4-3-5-7-21/h3-11,17,19H,12-16,18H2,1-2H3,(H,30,32,33). The van der Waals surface area contributed by atoms with Gasteiger partial charge in [0.2, 0.25) is 5.91 Å². The number of methoxy groups -OCH3 is 1. The molecule has 1 fully saturated rings. The van der Waals surface area contributed by atoms with Crippen LogP contribution in [0, 0.1) is 0 Å². The van der Waals surface area contributed by atoms with E-state index in [1.165, 1.54) is 23.7 Å². The van der Waals surface area contributed by atoms with Gasteiger partial charge in [-0.15, -0.1) is 0 Å². The van der Waals surface area contributed by atoms with E-state index < -0.39 is 5.41 Å². The van der Waals surface area contributed by atoms with E-state index in [1.807, 2.05) is 48.7 Å². The summed E-state index contributed by atoms with van der Waals surface area (Å²) < 4.78 is 10.4. The van der Waals surface area contributed by atoms with Crippen LogP contribution in [0.5, 0.6) is 5.75 Å². The Kier molecular flexibility index (Phi) is 6.86. The average molecular weight is 543 g/mol. The van der Waals surface area contributed by atoms with Gasteiger partial charge in [0.25, 0.3) is 0 Å². The van der Waals surface area contributed by atoms with Crippen LogP contribution in [0.3, 0.4) is 0 Å². The summed E-state index contributed by atoms with van der Waals surface area (Å²) in [6.07, 6.45) is 6.39. The Bertz CT molecular complexity index is 1440. The molecule has 2 aliphatic heterocycles. The zero-order valence-corrected chi connectivity index (χ0v) is 22.8. The number of benzene rings is 2. The molecular formula is C29H30N6O3S. The molecular weight excluding hydrogens is 512 g/mol. The molecule has 1 N–H and O–H groups in total. The number of ether oxygens (including phenoxy) is 1. The van der Waals surface area contributed by atoms with Gasteiger partial charge in [-0.05, 0) is 48.9 Å². The van der Waals surface area contributed by atoms with Crippen molar-refractivity contribution in [3.8, 4) is 5.75 Å². The van der Waals surface area contributed by atoms with Crippen molar-refractivity contribution < 1.29 is 14.1 Å². The molecule has 1 saturated heterocycles. The molecule has 0 unspecified atom stereocenters. The van der Waals surface area contributed by atoms with Gasteiger partial charge in [-0.2, -0.15) is 0 Å². The normalized spacial score (nSPS) is 16.3. The van der Waals surface area contributed by atoms with E-state index in [9.17, 15) is 4.79 Å². The van der Waals surface area contributed by atoms with Gasteiger partial charge in [0.1, 0.15) is 23.5 Å². The Morgan fingerprint density at radius 2 is 1.82 bits per heavy atom. The predicted molar refractivity (Wildman–Crippen MR) is 151 cm³/mol. The fourth-order valence-electron chi connectivity index (χ4n) is 5.54. The molecule has 2 aromatic carbocycles. The minimum Gasteiger partial charge on any atom is -0.497 e. The number of hydrogen-bond acceptors (Lipinski definition) is 9. The molecule has 1 spiro atoms. The number of piperidine rings is 1. The van der Waals surface area contributed by atoms with Crippen molar-refractivity contribution in [2.75, 3.05) is 41.6 Å². The number of rotatable bonds is 7. The van der Waals surface area contributed by atoms with Gasteiger partial charge in [0.05, 0.1) is 31.0 Å². The number of amides is 1. The van der Waals surface area contributed by atoms with E-state index in [0.29, 0.717) is 36.8 Å². The first-order valence-electron chi connectivity index (χ1n) is 12.9. The number of hydrogen-bond donors (Lipinski definition) is 1. The Morgan fingerprint density at radius 1 is 1.05 bits per heavy atom. The van der Waals surface area contributed by atoms with Gasteiger partial charge in [0.15, 0.2) is 5.16 Å². The number of fused-ring (bicyclic) bond motifs is 2. The fraction of sp³-hybridized carbons (Fsp3) is 0.310. The Hall–Kier alpha value is -4.05. The maximum absolute atomic E-state index is 14.3. The highest BCUT2D eigenvalue weighted by atomic mass is 32.2. The van der Waals surface area contributed by atoms with Gasteiger partial charge in [-0.25, -0.2) is 9.97 Å². The average Bonchev–Trinajstić information content (AvgIpc) is 3.54. The predicted octanol–water partition coefficient (Wildman–Crippen LogP) is 4.89. The first-order chi connectivity index (χ1) is 19.1. The lowest BCUT2D eigenvalue weighted by molar-refractivity contribution is -0.126. The third kappa shape index (κ3) is 4.69. The lowest BCUT2D eigenvalue weighted by atomic mass is 9.70. The third-order valence-corrected chi connectivity index (χ3v) is 8.23. The van der Waals surface area contributed by atoms with Crippen LogP contribution in [0.2, 0.25) is 0 Å². The number of nitrogens with zero attached hydrogens (tertiary/aromatic N) is 5. The number of para-hydroxylation sites is 1. The summed E-state index contributed by atoms with van der Waals surface area (Å²) in [6.45, 7) is 2.43. The van der Waals surface area contributed by atoms with Crippen LogP contribution in [0.25, 0.3) is 0 Å². The highest BCUT2D eigenvalue weighted by Crippen LogP contribution is 2.45. The molecule has 1 amide bonds. The lowest BCUT2D eigenvalue weighted by Crippen LogP contribution is -2.57. The number of carbonyl (C=O) groups excluding carboxylic acids is 1. The fourth-order valence-corrected chi connectivity index (χ4v) is 5.91. The monoisotopic (exact) mass is 542 g/mol. The van der Waals surface area contributed by atoms with Crippen LogP contribution in [0.4, 0.5) is 17.2 Å². The summed E-state index contributed by atoms with van der Waals surface area (Å²) in [5.74, 6) is 1.60. The molecule has 9 nitrogen and oxygen atoms in total. The summed E-state index contributed by atoms with van der Waals surface area (Å²) in [5, 5.41) is 8.08. The maximum atomic E-state index is 14.3. The summed E-state index contributed by atoms with van der Waals surface area (Å²) in [4.78, 5) is 28.3. The highest BCUT2D eigenvalue weighted by molar-refractivity contribution is 7.98. The maximum Gasteiger partial charge on any atom is 0.239 e. The topological polar surface area (TPSA) is 96.6 Å². The minimum atomic E-state index is -0.764. The van der Waals surface area contributed by atoms with Crippen LogP contribution >= 0.6 is 11.8 Å². The van der Waals surface area contributed by atoms with Gasteiger partial charge in [0, 0.05) is 30.9 Å². The molecule has 4 aromatic rings. The van der Waals surface area contributed by atoms with Crippen LogP contribution < -0.4 is 19.9 Å². The van der Waals surface area contributed by atoms with Crippen LogP contribution in [-0.4, -0.2) is 47.5 Å². The number of thioether (sulfide) groups is 1. The zero-order valence-electron chi connectivity index (χ0n) is 22.0. The SMILES string of the molecule is COc1ccc(CNc2nc(SC)nc3c2CN(c2cnoc2)C(=O)C32CCN(c3ccccc3)CC2)cc1. The molecule has 0 radical (unpaired) electrons. The second-order valence-electron chi connectivity index (χ2n) is 9.77. The first kappa shape index (κ1) is 25.2. The van der Waals surface area contributed by atoms with E-state index >= 15 is 0 Å². The summed E-state index contributed by atoms with van der Waals surface area (Å²) in [6, 6.07) is 18.3. The summed E-state index contributed by atoms with van der Waals surface area (Å²) in [7, 11) is 1.66. The van der Waals surface area contributed by atoms with Crippen molar-refractivity contribution in [3.63, 3.8) is 0 Å². The second-order valence-corrected chi connectivity index (χ2v) is 10.5. The van der Waals surface area contributed by atoms with Crippen molar-refractivity contribution in [2.24, 2.45) is 0 Å². The van der Waals surface area contributed by atoms with Crippen molar-refractivity contribution in [1.29, 1.82) is 0 Å². The number of nitrogens with one attached hydrogen (secondary N) is 1. The van der Waals surface area contributed by atoms with Crippen LogP contribution in [0.15, 0.2) is 76.7 Å².